The lowest BCUT2D eigenvalue weighted by Crippen LogP contribution is -2.70. The number of fused-ring (bicyclic) bond motifs is 19. The molecule has 20 rings (SSSR count). The van der Waals surface area contributed by atoms with Gasteiger partial charge in [-0.15, -0.1) is 0 Å². The molecule has 24 nitrogen and oxygen atoms in total. The van der Waals surface area contributed by atoms with Gasteiger partial charge < -0.3 is 71.3 Å². The van der Waals surface area contributed by atoms with E-state index in [0.29, 0.717) is 51.2 Å². The number of carbonyl (C=O) groups excluding carboxylic acids is 10. The van der Waals surface area contributed by atoms with E-state index in [1.807, 2.05) is 43.3 Å². The molecule has 2 heterocycles. The van der Waals surface area contributed by atoms with Gasteiger partial charge in [0.2, 0.25) is 0 Å². The molecule has 11 fully saturated rings. The van der Waals surface area contributed by atoms with Crippen molar-refractivity contribution in [2.45, 2.75) is 227 Å². The van der Waals surface area contributed by atoms with Gasteiger partial charge in [0.05, 0.1) is 36.6 Å². The largest absolute Gasteiger partial charge is 0.399 e. The maximum atomic E-state index is 17.6. The standard InChI is InChI=1S/2C36H37F2NO7.C21H26F2O6.C16H14O2/c2*1-33-11-10-23(41)14-26(33)27(37)15-25-24-16-31-36(30(44)18-40,34(24,2)17-29(43)35(25,33)38)46-32(45-31)21-8-6-20(7-9-21)28(42)13-19-4-3-5-22(39)12-19;1-18-4-3-10(25)5-13(18)14(22)6-12-11-7-15(26)21(29,17(28)9-24)19(11,2)8-16(27)20(12,18)23;1-12-3-2-4-14(9-12)10-16(18)15-7-5-13(11-17)6-8-15/h2*3-12,14,24-25,27,29,31-32,40,43H,13,15-18,39H2,1-2H3;3-5,11-12,14-16,24,26-27,29H,6-9H2,1-2H3;2-9,11H,10H2,1H3/t24-,25-,27-,29-,31+,32+,33-,34-,35-,36+;24-,25-,27-,29-,31+,32-,33-,34-,35-,36+;11-,12-,14-,15+,16-,18-,19-,20-,21-;/m000./s1. The van der Waals surface area contributed by atoms with Gasteiger partial charge in [-0.05, 0) is 197 Å². The van der Waals surface area contributed by atoms with E-state index in [2.05, 4.69) is 0 Å². The lowest BCUT2D eigenvalue weighted by molar-refractivity contribution is -0.235. The Hall–Kier alpha value is -10.8. The van der Waals surface area contributed by atoms with Crippen LogP contribution < -0.4 is 11.5 Å². The number of rotatable bonds is 18. The highest BCUT2D eigenvalue weighted by molar-refractivity contribution is 6.04. The first-order valence-corrected chi connectivity index (χ1v) is 47.1. The first-order chi connectivity index (χ1) is 65.6. The minimum atomic E-state index is -2.37. The van der Waals surface area contributed by atoms with E-state index >= 15 is 26.3 Å². The van der Waals surface area contributed by atoms with Crippen LogP contribution in [0.1, 0.15) is 187 Å². The molecule has 0 unspecified atom stereocenters. The number of ketones is 9. The molecule has 12 N–H and O–H groups in total. The Morgan fingerprint density at radius 1 is 0.417 bits per heavy atom. The molecular formula is C109H114F6N2O22. The molecular weight excluding hydrogens is 1800 g/mol. The van der Waals surface area contributed by atoms with Crippen molar-refractivity contribution in [1.29, 1.82) is 0 Å². The number of nitrogens with two attached hydrogens (primary N) is 2. The summed E-state index contributed by atoms with van der Waals surface area (Å²) < 4.78 is 124. The van der Waals surface area contributed by atoms with E-state index in [1.54, 1.807) is 123 Å². The van der Waals surface area contributed by atoms with Crippen molar-refractivity contribution in [3.63, 3.8) is 0 Å². The monoisotopic (exact) mass is 1920 g/mol. The third kappa shape index (κ3) is 15.2. The Balaban J connectivity index is 0.000000135. The van der Waals surface area contributed by atoms with Gasteiger partial charge in [-0.3, -0.25) is 47.9 Å². The van der Waals surface area contributed by atoms with Crippen molar-refractivity contribution in [3.05, 3.63) is 273 Å². The number of Topliss-reactive ketones (excluding diaryl/α,β-unsaturated/α-hetero) is 6. The molecule has 139 heavy (non-hydrogen) atoms. The molecule has 2 aliphatic heterocycles. The highest BCUT2D eigenvalue weighted by Crippen LogP contribution is 2.76. The number of allylic oxidation sites excluding steroid dienone is 12. The second-order valence-corrected chi connectivity index (χ2v) is 41.7. The van der Waals surface area contributed by atoms with Gasteiger partial charge >= 0.3 is 0 Å². The molecule has 0 aromatic heterocycles. The van der Waals surface area contributed by atoms with Crippen LogP contribution in [-0.4, -0.2) is 208 Å². The molecule has 0 amide bonds. The summed E-state index contributed by atoms with van der Waals surface area (Å²) in [5, 5.41) is 85.6. The highest BCUT2D eigenvalue weighted by atomic mass is 19.2. The van der Waals surface area contributed by atoms with Crippen LogP contribution >= 0.6 is 0 Å². The zero-order chi connectivity index (χ0) is 100. The number of nitrogen functional groups attached to an aromatic ring is 2. The van der Waals surface area contributed by atoms with E-state index in [0.717, 1.165) is 52.8 Å². The van der Waals surface area contributed by atoms with E-state index < -0.39 is 224 Å². The van der Waals surface area contributed by atoms with E-state index in [4.69, 9.17) is 30.4 Å². The normalized spacial score (nSPS) is 39.5. The first kappa shape index (κ1) is 99.7. The molecule has 0 bridgehead atoms. The Kier molecular flexibility index (Phi) is 25.8. The quantitative estimate of drug-likeness (QED) is 0.0165. The number of aryl methyl sites for hydroxylation is 1. The maximum Gasteiger partial charge on any atom is 0.193 e. The smallest absolute Gasteiger partial charge is 0.193 e. The number of halogens is 6. The van der Waals surface area contributed by atoms with Gasteiger partial charge in [0.1, 0.15) is 44.6 Å². The Morgan fingerprint density at radius 2 is 0.741 bits per heavy atom. The number of aldehydes is 1. The highest BCUT2D eigenvalue weighted by Gasteiger charge is 2.84. The third-order valence-corrected chi connectivity index (χ3v) is 34.7. The van der Waals surface area contributed by atoms with Crippen molar-refractivity contribution in [1.82, 2.24) is 0 Å². The Labute approximate surface area is 798 Å². The van der Waals surface area contributed by atoms with Crippen molar-refractivity contribution in [3.8, 4) is 0 Å². The summed E-state index contributed by atoms with van der Waals surface area (Å²) in [5.74, 6) is -9.03. The summed E-state index contributed by atoms with van der Waals surface area (Å²) in [6, 6.07) is 42.2. The van der Waals surface area contributed by atoms with Crippen LogP contribution in [-0.2, 0) is 67.0 Å². The van der Waals surface area contributed by atoms with Crippen LogP contribution in [0.25, 0.3) is 0 Å². The number of ether oxygens (including phenoxy) is 4. The number of alkyl halides is 6. The molecule has 734 valence electrons. The fraction of sp³-hybridized carbons (Fsp3) is 0.468. The molecule has 0 radical (unpaired) electrons. The number of aliphatic hydroxyl groups excluding tert-OH is 7. The zero-order valence-corrected chi connectivity index (χ0v) is 77.8. The molecule has 6 aromatic rings. The summed E-state index contributed by atoms with van der Waals surface area (Å²) >= 11 is 0. The van der Waals surface area contributed by atoms with Crippen molar-refractivity contribution in [2.24, 2.45) is 68.0 Å². The average molecular weight is 1920 g/mol. The van der Waals surface area contributed by atoms with E-state index in [9.17, 15) is 88.8 Å². The molecule has 29 atom stereocenters. The van der Waals surface area contributed by atoms with Crippen LogP contribution in [0.2, 0.25) is 0 Å². The van der Waals surface area contributed by atoms with Crippen LogP contribution in [0.15, 0.2) is 217 Å². The van der Waals surface area contributed by atoms with Gasteiger partial charge in [-0.25, -0.2) is 26.3 Å². The predicted molar refractivity (Wildman–Crippen MR) is 494 cm³/mol. The third-order valence-electron chi connectivity index (χ3n) is 34.7. The number of hydrogen-bond acceptors (Lipinski definition) is 24. The number of anilines is 2. The maximum absolute atomic E-state index is 17.6. The number of benzene rings is 6. The summed E-state index contributed by atoms with van der Waals surface area (Å²) in [6.07, 6.45) is -4.36. The summed E-state index contributed by atoms with van der Waals surface area (Å²) in [5.41, 5.74) is -1.62. The van der Waals surface area contributed by atoms with Crippen LogP contribution in [0.5, 0.6) is 0 Å². The minimum absolute atomic E-state index is 0.0168. The number of hydrogen-bond donors (Lipinski definition) is 10. The lowest BCUT2D eigenvalue weighted by atomic mass is 9.44. The van der Waals surface area contributed by atoms with Crippen LogP contribution in [0, 0.1) is 74.9 Å². The van der Waals surface area contributed by atoms with Gasteiger partial charge in [-0.1, -0.05) is 166 Å². The molecule has 2 saturated heterocycles. The zero-order valence-electron chi connectivity index (χ0n) is 77.8. The second-order valence-electron chi connectivity index (χ2n) is 41.7. The van der Waals surface area contributed by atoms with Crippen LogP contribution in [0.4, 0.5) is 37.7 Å². The average Bonchev–Trinajstić information content (AvgIpc) is 1.51. The Morgan fingerprint density at radius 3 is 1.07 bits per heavy atom. The summed E-state index contributed by atoms with van der Waals surface area (Å²) in [7, 11) is 0. The van der Waals surface area contributed by atoms with Gasteiger partial charge in [0, 0.05) is 114 Å². The van der Waals surface area contributed by atoms with Gasteiger partial charge in [0.25, 0.3) is 0 Å². The second kappa shape index (κ2) is 36.0. The minimum Gasteiger partial charge on any atom is -0.399 e. The molecule has 9 saturated carbocycles. The van der Waals surface area contributed by atoms with Crippen molar-refractivity contribution < 1.29 is 134 Å². The first-order valence-electron chi connectivity index (χ1n) is 47.1. The summed E-state index contributed by atoms with van der Waals surface area (Å²) in [6.45, 7) is 8.69. The lowest BCUT2D eigenvalue weighted by Gasteiger charge is -2.63. The van der Waals surface area contributed by atoms with E-state index in [1.165, 1.54) is 58.1 Å². The molecule has 6 aromatic carbocycles. The van der Waals surface area contributed by atoms with Crippen LogP contribution in [0.3, 0.4) is 0 Å². The van der Waals surface area contributed by atoms with Gasteiger partial charge in [0.15, 0.2) is 98.4 Å². The Bertz CT molecular complexity index is 5960. The van der Waals surface area contributed by atoms with E-state index in [-0.39, 0.29) is 105 Å². The van der Waals surface area contributed by atoms with Crippen molar-refractivity contribution >= 4 is 69.7 Å². The molecule has 30 heteroatoms. The SMILES string of the molecule is C[C@]12C=CC(=O)C=C1[C@@H](F)C[C@H]1[C@@H]3C[C@@H](O)[C@](O)(C(=O)CO)[C@@]3(C)C[C@H](O)[C@@]12F.C[C@]12C=CC(=O)C=C1[C@@H](F)C[C@H]1[C@@H]3C[C@H]4O[C@@H](c5ccc(C(=O)Cc6cccc(N)c6)cc5)O[C@@]4(C(=O)CO)[C@@]3(C)C[C@H](O)[C@@]12F.C[C@]12C=CC(=O)C=C1[C@@H](F)C[C@H]1[C@@H]3C[C@H]4O[C@H](c5ccc(C(=O)Cc6cccc(N)c6)cc5)O[C@@]4(C(=O)CO)[C@@]3(C)C[C@H](O)[C@@]12F.Cc1cccc(CC(=O)c2ccc(C=O)cc2)c1. The number of aliphatic hydroxyl groups is 8. The predicted octanol–water partition coefficient (Wildman–Crippen LogP) is 12.5. The topological polar surface area (TPSA) is 422 Å². The number of carbonyl (C=O) groups is 10. The molecule has 14 aliphatic rings. The fourth-order valence-electron chi connectivity index (χ4n) is 27.8. The molecule has 12 aliphatic carbocycles. The summed E-state index contributed by atoms with van der Waals surface area (Å²) in [4.78, 5) is 124. The molecule has 0 spiro atoms. The van der Waals surface area contributed by atoms with Gasteiger partial charge in [-0.2, -0.15) is 0 Å². The van der Waals surface area contributed by atoms with Crippen molar-refractivity contribution in [2.75, 3.05) is 31.3 Å². The fourth-order valence-corrected chi connectivity index (χ4v) is 27.8.